The molecule has 0 saturated carbocycles. The number of halogens is 2. The van der Waals surface area contributed by atoms with E-state index in [9.17, 15) is 9.18 Å². The average Bonchev–Trinajstić information content (AvgIpc) is 3.07. The number of ether oxygens (including phenoxy) is 1. The lowest BCUT2D eigenvalue weighted by molar-refractivity contribution is -0.129. The molecule has 1 atom stereocenters. The molecule has 32 heavy (non-hydrogen) atoms. The van der Waals surface area contributed by atoms with E-state index in [1.807, 2.05) is 13.0 Å². The van der Waals surface area contributed by atoms with Crippen LogP contribution in [0, 0.1) is 12.7 Å². The minimum Gasteiger partial charge on any atom is -0.491 e. The summed E-state index contributed by atoms with van der Waals surface area (Å²) in [5.41, 5.74) is 9.75. The SMILES string of the molecule is C=CC(=O)N1CCN2Cc3cc(Cl)c(-c4ccc(F)c5sc(N)nc45)c(C)c3OC[C@@H]2C1. The molecule has 0 aliphatic carbocycles. The highest BCUT2D eigenvalue weighted by Crippen LogP contribution is 2.44. The zero-order valence-corrected chi connectivity index (χ0v) is 19.1. The first kappa shape index (κ1) is 21.2. The Kier molecular flexibility index (Phi) is 5.31. The third-order valence-corrected chi connectivity index (χ3v) is 7.40. The highest BCUT2D eigenvalue weighted by atomic mass is 35.5. The number of rotatable bonds is 2. The molecule has 2 aromatic carbocycles. The number of carbonyl (C=O) groups excluding carboxylic acids is 1. The van der Waals surface area contributed by atoms with Gasteiger partial charge >= 0.3 is 0 Å². The van der Waals surface area contributed by atoms with E-state index >= 15 is 0 Å². The molecular weight excluding hydrogens is 451 g/mol. The molecule has 3 aromatic rings. The van der Waals surface area contributed by atoms with Crippen molar-refractivity contribution in [2.45, 2.75) is 19.5 Å². The van der Waals surface area contributed by atoms with Gasteiger partial charge in [-0.2, -0.15) is 0 Å². The van der Waals surface area contributed by atoms with Gasteiger partial charge in [0.2, 0.25) is 5.91 Å². The second kappa shape index (κ2) is 8.03. The molecule has 3 heterocycles. The van der Waals surface area contributed by atoms with Crippen molar-refractivity contribution in [3.05, 3.63) is 52.8 Å². The van der Waals surface area contributed by atoms with Crippen molar-refractivity contribution >= 4 is 44.2 Å². The van der Waals surface area contributed by atoms with Crippen molar-refractivity contribution in [3.8, 4) is 16.9 Å². The maximum atomic E-state index is 14.3. The summed E-state index contributed by atoms with van der Waals surface area (Å²) in [6.45, 7) is 8.69. The summed E-state index contributed by atoms with van der Waals surface area (Å²) >= 11 is 7.89. The van der Waals surface area contributed by atoms with E-state index < -0.39 is 0 Å². The van der Waals surface area contributed by atoms with E-state index in [4.69, 9.17) is 22.1 Å². The Labute approximate surface area is 194 Å². The minimum atomic E-state index is -0.353. The van der Waals surface area contributed by atoms with Gasteiger partial charge in [-0.15, -0.1) is 0 Å². The van der Waals surface area contributed by atoms with Crippen LogP contribution in [0.5, 0.6) is 5.75 Å². The normalized spacial score (nSPS) is 18.6. The first-order valence-electron chi connectivity index (χ1n) is 10.3. The second-order valence-electron chi connectivity index (χ2n) is 8.10. The Morgan fingerprint density at radius 2 is 2.25 bits per heavy atom. The number of nitrogens with two attached hydrogens (primary N) is 1. The van der Waals surface area contributed by atoms with Gasteiger partial charge in [-0.3, -0.25) is 9.69 Å². The third-order valence-electron chi connectivity index (χ3n) is 6.21. The van der Waals surface area contributed by atoms with Crippen molar-refractivity contribution in [1.82, 2.24) is 14.8 Å². The predicted octanol–water partition coefficient (Wildman–Crippen LogP) is 4.24. The van der Waals surface area contributed by atoms with Gasteiger partial charge in [-0.05, 0) is 31.2 Å². The summed E-state index contributed by atoms with van der Waals surface area (Å²) in [5.74, 6) is 0.366. The van der Waals surface area contributed by atoms with Crippen molar-refractivity contribution in [1.29, 1.82) is 0 Å². The topological polar surface area (TPSA) is 71.7 Å². The van der Waals surface area contributed by atoms with Crippen LogP contribution in [0.1, 0.15) is 11.1 Å². The summed E-state index contributed by atoms with van der Waals surface area (Å²) in [4.78, 5) is 20.6. The summed E-state index contributed by atoms with van der Waals surface area (Å²) < 4.78 is 21.0. The van der Waals surface area contributed by atoms with E-state index in [1.165, 1.54) is 12.1 Å². The molecule has 1 fully saturated rings. The fourth-order valence-electron chi connectivity index (χ4n) is 4.65. The van der Waals surface area contributed by atoms with Gasteiger partial charge in [0.05, 0.1) is 16.3 Å². The lowest BCUT2D eigenvalue weighted by Crippen LogP contribution is -2.55. The van der Waals surface area contributed by atoms with Gasteiger partial charge in [-0.25, -0.2) is 9.37 Å². The first-order valence-corrected chi connectivity index (χ1v) is 11.5. The smallest absolute Gasteiger partial charge is 0.246 e. The lowest BCUT2D eigenvalue weighted by Gasteiger charge is -2.39. The number of hydrogen-bond donors (Lipinski definition) is 1. The number of amides is 1. The number of nitrogen functional groups attached to an aromatic ring is 1. The number of anilines is 1. The molecule has 2 aliphatic heterocycles. The number of nitrogens with zero attached hydrogens (tertiary/aromatic N) is 3. The number of carbonyl (C=O) groups is 1. The third kappa shape index (κ3) is 3.43. The maximum Gasteiger partial charge on any atom is 0.246 e. The zero-order valence-electron chi connectivity index (χ0n) is 17.5. The molecule has 0 spiro atoms. The van der Waals surface area contributed by atoms with Gasteiger partial charge in [0.25, 0.3) is 0 Å². The van der Waals surface area contributed by atoms with Gasteiger partial charge in [0.1, 0.15) is 18.2 Å². The Morgan fingerprint density at radius 1 is 1.44 bits per heavy atom. The molecule has 1 saturated heterocycles. The van der Waals surface area contributed by atoms with Crippen LogP contribution in [0.4, 0.5) is 9.52 Å². The van der Waals surface area contributed by atoms with E-state index in [0.717, 1.165) is 45.9 Å². The Bertz CT molecular complexity index is 1260. The average molecular weight is 473 g/mol. The van der Waals surface area contributed by atoms with Gasteiger partial charge in [0, 0.05) is 53.5 Å². The Morgan fingerprint density at radius 3 is 3.03 bits per heavy atom. The van der Waals surface area contributed by atoms with E-state index in [-0.39, 0.29) is 17.8 Å². The highest BCUT2D eigenvalue weighted by Gasteiger charge is 2.33. The molecule has 0 unspecified atom stereocenters. The number of benzene rings is 2. The van der Waals surface area contributed by atoms with E-state index in [1.54, 1.807) is 11.0 Å². The fraction of sp³-hybridized carbons (Fsp3) is 0.304. The Balaban J connectivity index is 1.55. The quantitative estimate of drug-likeness (QED) is 0.565. The lowest BCUT2D eigenvalue weighted by atomic mass is 9.96. The Hall–Kier alpha value is -2.68. The molecule has 9 heteroatoms. The molecule has 0 radical (unpaired) electrons. The van der Waals surface area contributed by atoms with Crippen LogP contribution in [0.2, 0.25) is 5.02 Å². The summed E-state index contributed by atoms with van der Waals surface area (Å²) in [7, 11) is 0. The number of fused-ring (bicyclic) bond motifs is 3. The van der Waals surface area contributed by atoms with Gasteiger partial charge < -0.3 is 15.4 Å². The summed E-state index contributed by atoms with van der Waals surface area (Å²) in [6, 6.07) is 5.12. The van der Waals surface area contributed by atoms with Crippen LogP contribution in [-0.2, 0) is 11.3 Å². The molecule has 2 N–H and O–H groups in total. The van der Waals surface area contributed by atoms with Crippen LogP contribution in [0.15, 0.2) is 30.9 Å². The van der Waals surface area contributed by atoms with Crippen molar-refractivity contribution < 1.29 is 13.9 Å². The van der Waals surface area contributed by atoms with Crippen LogP contribution in [-0.4, -0.2) is 53.0 Å². The van der Waals surface area contributed by atoms with E-state index in [0.29, 0.717) is 46.6 Å². The summed E-state index contributed by atoms with van der Waals surface area (Å²) in [6.07, 6.45) is 1.35. The number of hydrogen-bond acceptors (Lipinski definition) is 6. The maximum absolute atomic E-state index is 14.3. The molecule has 6 nitrogen and oxygen atoms in total. The van der Waals surface area contributed by atoms with Crippen LogP contribution < -0.4 is 10.5 Å². The highest BCUT2D eigenvalue weighted by molar-refractivity contribution is 7.22. The van der Waals surface area contributed by atoms with Crippen LogP contribution in [0.3, 0.4) is 0 Å². The van der Waals surface area contributed by atoms with Gasteiger partial charge in [-0.1, -0.05) is 29.5 Å². The number of thiazole rings is 1. The fourth-order valence-corrected chi connectivity index (χ4v) is 5.79. The second-order valence-corrected chi connectivity index (χ2v) is 9.53. The van der Waals surface area contributed by atoms with Crippen molar-refractivity contribution in [3.63, 3.8) is 0 Å². The molecule has 1 amide bonds. The number of piperazine rings is 1. The first-order chi connectivity index (χ1) is 15.4. The molecule has 2 aliphatic rings. The minimum absolute atomic E-state index is 0.0595. The summed E-state index contributed by atoms with van der Waals surface area (Å²) in [5, 5.41) is 0.866. The monoisotopic (exact) mass is 472 g/mol. The predicted molar refractivity (Wildman–Crippen MR) is 126 cm³/mol. The van der Waals surface area contributed by atoms with Crippen molar-refractivity contribution in [2.24, 2.45) is 0 Å². The number of aromatic nitrogens is 1. The molecule has 0 bridgehead atoms. The molecule has 166 valence electrons. The van der Waals surface area contributed by atoms with Gasteiger partial charge in [0.15, 0.2) is 5.13 Å². The largest absolute Gasteiger partial charge is 0.491 e. The molecule has 5 rings (SSSR count). The van der Waals surface area contributed by atoms with Crippen LogP contribution in [0.25, 0.3) is 21.3 Å². The standard InChI is InChI=1S/C23H22ClFN4O2S/c1-3-18(30)29-7-6-28-9-13-8-16(24)19(12(2)21(13)31-11-14(28)10-29)15-4-5-17(25)22-20(15)27-23(26)32-22/h3-5,8,14H,1,6-7,9-11H2,2H3,(H2,26,27)/t14-/m0/s1. The van der Waals surface area contributed by atoms with Crippen molar-refractivity contribution in [2.75, 3.05) is 32.0 Å². The van der Waals surface area contributed by atoms with E-state index in [2.05, 4.69) is 16.5 Å². The zero-order chi connectivity index (χ0) is 22.6. The molecular formula is C23H22ClFN4O2S. The van der Waals surface area contributed by atoms with Crippen LogP contribution >= 0.6 is 22.9 Å². The molecule has 1 aromatic heterocycles.